The number of carbonyl (C=O) groups is 1. The average Bonchev–Trinajstić information content (AvgIpc) is 3.38. The highest BCUT2D eigenvalue weighted by atomic mass is 32.2. The Morgan fingerprint density at radius 1 is 1.19 bits per heavy atom. The topological polar surface area (TPSA) is 131 Å². The van der Waals surface area contributed by atoms with Crippen LogP contribution in [-0.4, -0.2) is 76.1 Å². The van der Waals surface area contributed by atoms with Crippen LogP contribution in [0.2, 0.25) is 0 Å². The molecule has 0 aliphatic carbocycles. The van der Waals surface area contributed by atoms with Gasteiger partial charge < -0.3 is 14.7 Å². The number of rotatable bonds is 7. The number of morpholine rings is 1. The molecule has 0 amide bonds. The van der Waals surface area contributed by atoms with Crippen molar-refractivity contribution in [2.75, 3.05) is 31.2 Å². The minimum absolute atomic E-state index is 0.119. The maximum atomic E-state index is 14.0. The van der Waals surface area contributed by atoms with Crippen LogP contribution in [0.5, 0.6) is 0 Å². The fourth-order valence-corrected chi connectivity index (χ4v) is 7.76. The molecule has 6 rings (SSSR count). The quantitative estimate of drug-likeness (QED) is 0.344. The molecule has 2 aromatic heterocycles. The van der Waals surface area contributed by atoms with E-state index in [9.17, 15) is 18.3 Å². The third-order valence-electron chi connectivity index (χ3n) is 8.44. The van der Waals surface area contributed by atoms with E-state index in [1.807, 2.05) is 60.7 Å². The lowest BCUT2D eigenvalue weighted by molar-refractivity contribution is -0.137. The van der Waals surface area contributed by atoms with Crippen molar-refractivity contribution in [2.45, 2.75) is 57.1 Å². The number of anilines is 1. The number of fused-ring (bicyclic) bond motifs is 4. The van der Waals surface area contributed by atoms with Gasteiger partial charge in [-0.2, -0.15) is 4.31 Å². The van der Waals surface area contributed by atoms with Crippen LogP contribution in [0.3, 0.4) is 0 Å². The Kier molecular flexibility index (Phi) is 7.46. The Morgan fingerprint density at radius 2 is 2.02 bits per heavy atom. The number of nitrogens with zero attached hydrogens (tertiary/aromatic N) is 6. The van der Waals surface area contributed by atoms with Gasteiger partial charge in [-0.1, -0.05) is 29.5 Å². The number of hydrogen-bond donors (Lipinski definition) is 1. The minimum atomic E-state index is -3.87. The van der Waals surface area contributed by atoms with Gasteiger partial charge in [0.1, 0.15) is 16.2 Å². The highest BCUT2D eigenvalue weighted by Gasteiger charge is 2.39. The van der Waals surface area contributed by atoms with Gasteiger partial charge in [-0.15, -0.1) is 5.10 Å². The summed E-state index contributed by atoms with van der Waals surface area (Å²) in [5.41, 5.74) is 5.95. The highest BCUT2D eigenvalue weighted by Crippen LogP contribution is 2.36. The number of aromatic nitrogens is 4. The number of carboxylic acids is 1. The SMILES string of the molecule is CCn1nnc2c(C)c(C(CC(=O)O)c3ccc(C)c(CN4CC5COCCN5c5ncccc5S4(=O)=O)c3)ccc21. The number of benzene rings is 2. The molecule has 11 nitrogen and oxygen atoms in total. The summed E-state index contributed by atoms with van der Waals surface area (Å²) in [5.74, 6) is -0.910. The van der Waals surface area contributed by atoms with Crippen molar-refractivity contribution in [3.63, 3.8) is 0 Å². The second kappa shape index (κ2) is 11.1. The van der Waals surface area contributed by atoms with E-state index < -0.39 is 21.9 Å². The number of carboxylic acid groups (broad SMARTS) is 1. The van der Waals surface area contributed by atoms with Crippen molar-refractivity contribution < 1.29 is 23.1 Å². The molecule has 2 aliphatic rings. The van der Waals surface area contributed by atoms with Crippen LogP contribution >= 0.6 is 0 Å². The Labute approximate surface area is 244 Å². The second-order valence-corrected chi connectivity index (χ2v) is 12.8. The molecule has 220 valence electrons. The maximum Gasteiger partial charge on any atom is 0.304 e. The smallest absolute Gasteiger partial charge is 0.304 e. The van der Waals surface area contributed by atoms with Gasteiger partial charge in [-0.3, -0.25) is 4.79 Å². The zero-order chi connectivity index (χ0) is 29.6. The van der Waals surface area contributed by atoms with Crippen molar-refractivity contribution in [3.05, 3.63) is 76.5 Å². The van der Waals surface area contributed by atoms with Crippen LogP contribution in [0.25, 0.3) is 11.0 Å². The van der Waals surface area contributed by atoms with Crippen molar-refractivity contribution in [1.82, 2.24) is 24.3 Å². The van der Waals surface area contributed by atoms with Crippen LogP contribution < -0.4 is 4.90 Å². The van der Waals surface area contributed by atoms with Gasteiger partial charge in [0, 0.05) is 38.3 Å². The van der Waals surface area contributed by atoms with E-state index in [0.717, 1.165) is 38.9 Å². The Bertz CT molecular complexity index is 1770. The largest absolute Gasteiger partial charge is 0.481 e. The lowest BCUT2D eigenvalue weighted by atomic mass is 9.84. The van der Waals surface area contributed by atoms with Crippen molar-refractivity contribution in [2.24, 2.45) is 0 Å². The molecule has 1 N–H and O–H groups in total. The summed E-state index contributed by atoms with van der Waals surface area (Å²) in [5, 5.41) is 18.5. The van der Waals surface area contributed by atoms with E-state index in [4.69, 9.17) is 4.74 Å². The van der Waals surface area contributed by atoms with Crippen LogP contribution in [-0.2, 0) is 32.6 Å². The molecule has 2 aliphatic heterocycles. The number of hydrogen-bond acceptors (Lipinski definition) is 8. The van der Waals surface area contributed by atoms with Gasteiger partial charge >= 0.3 is 5.97 Å². The highest BCUT2D eigenvalue weighted by molar-refractivity contribution is 7.89. The van der Waals surface area contributed by atoms with E-state index >= 15 is 0 Å². The second-order valence-electron chi connectivity index (χ2n) is 10.9. The number of aryl methyl sites for hydroxylation is 3. The van der Waals surface area contributed by atoms with Gasteiger partial charge in [-0.25, -0.2) is 18.1 Å². The first-order chi connectivity index (χ1) is 20.2. The molecule has 0 saturated carbocycles. The summed E-state index contributed by atoms with van der Waals surface area (Å²) in [6.45, 7) is 8.46. The maximum absolute atomic E-state index is 14.0. The van der Waals surface area contributed by atoms with Gasteiger partial charge in [0.2, 0.25) is 10.0 Å². The molecular formula is C30H34N6O5S. The predicted octanol–water partition coefficient (Wildman–Crippen LogP) is 3.48. The third kappa shape index (κ3) is 4.93. The van der Waals surface area contributed by atoms with E-state index in [2.05, 4.69) is 15.3 Å². The Balaban J connectivity index is 1.40. The zero-order valence-electron chi connectivity index (χ0n) is 23.9. The van der Waals surface area contributed by atoms with E-state index in [1.165, 1.54) is 4.31 Å². The van der Waals surface area contributed by atoms with Crippen LogP contribution in [0, 0.1) is 13.8 Å². The molecule has 12 heteroatoms. The molecule has 4 heterocycles. The summed E-state index contributed by atoms with van der Waals surface area (Å²) in [4.78, 5) is 18.8. The first-order valence-corrected chi connectivity index (χ1v) is 15.6. The number of ether oxygens (including phenoxy) is 1. The molecule has 0 bridgehead atoms. The fourth-order valence-electron chi connectivity index (χ4n) is 6.15. The molecule has 0 radical (unpaired) electrons. The molecule has 2 unspecified atom stereocenters. The first-order valence-electron chi connectivity index (χ1n) is 14.1. The Hall–Kier alpha value is -3.87. The summed E-state index contributed by atoms with van der Waals surface area (Å²) in [6, 6.07) is 12.8. The average molecular weight is 591 g/mol. The molecule has 2 aromatic carbocycles. The number of aliphatic carboxylic acids is 1. The summed E-state index contributed by atoms with van der Waals surface area (Å²) in [7, 11) is -3.87. The minimum Gasteiger partial charge on any atom is -0.481 e. The number of sulfonamides is 1. The van der Waals surface area contributed by atoms with Gasteiger partial charge in [0.05, 0.1) is 31.2 Å². The molecule has 42 heavy (non-hydrogen) atoms. The van der Waals surface area contributed by atoms with Gasteiger partial charge in [-0.05, 0) is 66.8 Å². The van der Waals surface area contributed by atoms with Crippen LogP contribution in [0.15, 0.2) is 53.6 Å². The molecule has 0 spiro atoms. The Morgan fingerprint density at radius 3 is 2.81 bits per heavy atom. The van der Waals surface area contributed by atoms with Crippen LogP contribution in [0.1, 0.15) is 47.1 Å². The molecular weight excluding hydrogens is 556 g/mol. The summed E-state index contributed by atoms with van der Waals surface area (Å²) < 4.78 is 37.0. The van der Waals surface area contributed by atoms with Crippen molar-refractivity contribution in [1.29, 1.82) is 0 Å². The lowest BCUT2D eigenvalue weighted by Crippen LogP contribution is -2.50. The summed E-state index contributed by atoms with van der Waals surface area (Å²) in [6.07, 6.45) is 1.50. The predicted molar refractivity (Wildman–Crippen MR) is 157 cm³/mol. The zero-order valence-corrected chi connectivity index (χ0v) is 24.7. The summed E-state index contributed by atoms with van der Waals surface area (Å²) >= 11 is 0. The van der Waals surface area contributed by atoms with E-state index in [-0.39, 0.29) is 30.4 Å². The van der Waals surface area contributed by atoms with Crippen molar-refractivity contribution in [3.8, 4) is 0 Å². The van der Waals surface area contributed by atoms with Crippen molar-refractivity contribution >= 4 is 32.8 Å². The standard InChI is InChI=1S/C30H34N6O5S/c1-4-36-26-10-9-24(20(3)29(26)32-33-36)25(15-28(37)38)21-8-7-19(2)22(14-21)16-34-17-23-18-41-13-12-35(23)30-27(42(34,39)40)6-5-11-31-30/h5-11,14,23,25H,4,12-13,15-18H2,1-3H3,(H,37,38). The third-order valence-corrected chi connectivity index (χ3v) is 10.3. The van der Waals surface area contributed by atoms with Gasteiger partial charge in [0.25, 0.3) is 0 Å². The monoisotopic (exact) mass is 590 g/mol. The number of pyridine rings is 1. The fraction of sp³-hybridized carbons (Fsp3) is 0.400. The van der Waals surface area contributed by atoms with Crippen LogP contribution in [0.4, 0.5) is 5.82 Å². The van der Waals surface area contributed by atoms with E-state index in [0.29, 0.717) is 32.1 Å². The van der Waals surface area contributed by atoms with E-state index in [1.54, 1.807) is 18.3 Å². The molecule has 1 saturated heterocycles. The lowest BCUT2D eigenvalue weighted by Gasteiger charge is -2.36. The van der Waals surface area contributed by atoms with Gasteiger partial charge in [0.15, 0.2) is 0 Å². The molecule has 1 fully saturated rings. The molecule has 2 atom stereocenters. The first kappa shape index (κ1) is 28.3. The molecule has 4 aromatic rings. The normalized spacial score (nSPS) is 19.2.